The molecule has 3 rings (SSSR count). The van der Waals surface area contributed by atoms with Crippen molar-refractivity contribution in [3.8, 4) is 5.75 Å². The summed E-state index contributed by atoms with van der Waals surface area (Å²) in [7, 11) is 1.58. The van der Waals surface area contributed by atoms with Gasteiger partial charge in [-0.15, -0.1) is 0 Å². The van der Waals surface area contributed by atoms with Gasteiger partial charge in [-0.2, -0.15) is 0 Å². The minimum Gasteiger partial charge on any atom is -0.468 e. The molecule has 0 atom stereocenters. The summed E-state index contributed by atoms with van der Waals surface area (Å²) in [5, 5.41) is 0. The number of hydrogen-bond acceptors (Lipinski definition) is 3. The Kier molecular flexibility index (Phi) is 7.61. The van der Waals surface area contributed by atoms with Crippen LogP contribution in [0, 0.1) is 0 Å². The third-order valence-corrected chi connectivity index (χ3v) is 4.39. The van der Waals surface area contributed by atoms with Crippen molar-refractivity contribution in [1.82, 2.24) is 4.90 Å². The molecule has 0 spiro atoms. The zero-order valence-corrected chi connectivity index (χ0v) is 16.5. The summed E-state index contributed by atoms with van der Waals surface area (Å²) in [5.74, 6) is 0.697. The quantitative estimate of drug-likeness (QED) is 0.387. The fraction of sp³-hybridized carbons (Fsp3) is 0.160. The lowest BCUT2D eigenvalue weighted by Gasteiger charge is -2.21. The topological polar surface area (TPSA) is 38.8 Å². The SMILES string of the molecule is COCOc1ccc(/C=C/C(=O)N(Cc2ccccc2)Cc2ccccc2)cc1. The van der Waals surface area contributed by atoms with E-state index in [1.807, 2.05) is 95.9 Å². The van der Waals surface area contributed by atoms with Crippen LogP contribution in [-0.2, 0) is 22.6 Å². The van der Waals surface area contributed by atoms with Crippen LogP contribution in [0.15, 0.2) is 91.0 Å². The van der Waals surface area contributed by atoms with Gasteiger partial charge in [0.1, 0.15) is 5.75 Å². The highest BCUT2D eigenvalue weighted by atomic mass is 16.7. The molecule has 0 heterocycles. The highest BCUT2D eigenvalue weighted by Gasteiger charge is 2.12. The van der Waals surface area contributed by atoms with Gasteiger partial charge in [0.2, 0.25) is 5.91 Å². The van der Waals surface area contributed by atoms with E-state index < -0.39 is 0 Å². The van der Waals surface area contributed by atoms with E-state index in [-0.39, 0.29) is 12.7 Å². The normalized spacial score (nSPS) is 10.8. The van der Waals surface area contributed by atoms with E-state index in [9.17, 15) is 4.79 Å². The molecule has 0 aliphatic rings. The van der Waals surface area contributed by atoms with Crippen molar-refractivity contribution in [1.29, 1.82) is 0 Å². The lowest BCUT2D eigenvalue weighted by molar-refractivity contribution is -0.127. The van der Waals surface area contributed by atoms with Gasteiger partial charge in [-0.05, 0) is 34.9 Å². The Hall–Kier alpha value is -3.37. The molecule has 0 fully saturated rings. The molecule has 0 saturated heterocycles. The number of carbonyl (C=O) groups excluding carboxylic acids is 1. The fourth-order valence-electron chi connectivity index (χ4n) is 2.89. The zero-order valence-electron chi connectivity index (χ0n) is 16.5. The molecule has 0 aromatic heterocycles. The number of methoxy groups -OCH3 is 1. The van der Waals surface area contributed by atoms with E-state index in [0.717, 1.165) is 22.4 Å². The number of amides is 1. The molecule has 0 bridgehead atoms. The average Bonchev–Trinajstić information content (AvgIpc) is 2.78. The molecular formula is C25H25NO3. The Bertz CT molecular complexity index is 864. The van der Waals surface area contributed by atoms with Gasteiger partial charge in [-0.1, -0.05) is 72.8 Å². The molecule has 29 heavy (non-hydrogen) atoms. The largest absolute Gasteiger partial charge is 0.468 e. The van der Waals surface area contributed by atoms with Gasteiger partial charge in [0.25, 0.3) is 0 Å². The lowest BCUT2D eigenvalue weighted by Crippen LogP contribution is -2.28. The highest BCUT2D eigenvalue weighted by Crippen LogP contribution is 2.15. The molecule has 0 aliphatic carbocycles. The van der Waals surface area contributed by atoms with Crippen LogP contribution in [0.25, 0.3) is 6.08 Å². The Balaban J connectivity index is 1.70. The van der Waals surface area contributed by atoms with Gasteiger partial charge in [-0.3, -0.25) is 4.79 Å². The Morgan fingerprint density at radius 2 is 1.38 bits per heavy atom. The van der Waals surface area contributed by atoms with Gasteiger partial charge in [0.05, 0.1) is 0 Å². The third-order valence-electron chi connectivity index (χ3n) is 4.39. The third kappa shape index (κ3) is 6.63. The number of nitrogens with zero attached hydrogens (tertiary/aromatic N) is 1. The van der Waals surface area contributed by atoms with Crippen molar-refractivity contribution in [2.24, 2.45) is 0 Å². The van der Waals surface area contributed by atoms with Crippen molar-refractivity contribution in [3.63, 3.8) is 0 Å². The van der Waals surface area contributed by atoms with Crippen molar-refractivity contribution in [2.45, 2.75) is 13.1 Å². The summed E-state index contributed by atoms with van der Waals surface area (Å²) >= 11 is 0. The molecule has 0 radical (unpaired) electrons. The molecular weight excluding hydrogens is 362 g/mol. The molecule has 3 aromatic rings. The van der Waals surface area contributed by atoms with Crippen LogP contribution in [0.3, 0.4) is 0 Å². The second kappa shape index (κ2) is 10.8. The highest BCUT2D eigenvalue weighted by molar-refractivity contribution is 5.91. The van der Waals surface area contributed by atoms with Gasteiger partial charge in [0, 0.05) is 26.3 Å². The van der Waals surface area contributed by atoms with Crippen molar-refractivity contribution >= 4 is 12.0 Å². The van der Waals surface area contributed by atoms with Gasteiger partial charge in [-0.25, -0.2) is 0 Å². The minimum atomic E-state index is -0.0302. The first kappa shape index (κ1) is 20.4. The lowest BCUT2D eigenvalue weighted by atomic mass is 10.1. The van der Waals surface area contributed by atoms with Crippen LogP contribution in [-0.4, -0.2) is 24.7 Å². The number of hydrogen-bond donors (Lipinski definition) is 0. The molecule has 148 valence electrons. The van der Waals surface area contributed by atoms with E-state index in [1.54, 1.807) is 13.2 Å². The standard InChI is InChI=1S/C25H25NO3/c1-28-20-29-24-15-12-21(13-16-24)14-17-25(27)26(18-22-8-4-2-5-9-22)19-23-10-6-3-7-11-23/h2-17H,18-20H2,1H3/b17-14+. The first-order valence-electron chi connectivity index (χ1n) is 9.51. The second-order valence-corrected chi connectivity index (χ2v) is 6.62. The van der Waals surface area contributed by atoms with E-state index in [1.165, 1.54) is 0 Å². The van der Waals surface area contributed by atoms with Crippen LogP contribution in [0.5, 0.6) is 5.75 Å². The summed E-state index contributed by atoms with van der Waals surface area (Å²) in [5.41, 5.74) is 3.14. The number of benzene rings is 3. The van der Waals surface area contributed by atoms with E-state index in [0.29, 0.717) is 13.1 Å². The van der Waals surface area contributed by atoms with Gasteiger partial charge >= 0.3 is 0 Å². The summed E-state index contributed by atoms with van der Waals surface area (Å²) < 4.78 is 10.3. The van der Waals surface area contributed by atoms with E-state index >= 15 is 0 Å². The smallest absolute Gasteiger partial charge is 0.247 e. The van der Waals surface area contributed by atoms with E-state index in [4.69, 9.17) is 9.47 Å². The van der Waals surface area contributed by atoms with Gasteiger partial charge < -0.3 is 14.4 Å². The van der Waals surface area contributed by atoms with Crippen LogP contribution in [0.4, 0.5) is 0 Å². The maximum Gasteiger partial charge on any atom is 0.247 e. The maximum absolute atomic E-state index is 12.9. The number of carbonyl (C=O) groups is 1. The predicted molar refractivity (Wildman–Crippen MR) is 115 cm³/mol. The number of rotatable bonds is 9. The molecule has 0 saturated carbocycles. The Labute approximate surface area is 172 Å². The molecule has 4 heteroatoms. The van der Waals surface area contributed by atoms with Crippen LogP contribution < -0.4 is 4.74 Å². The Morgan fingerprint density at radius 1 is 0.828 bits per heavy atom. The van der Waals surface area contributed by atoms with Crippen molar-refractivity contribution in [2.75, 3.05) is 13.9 Å². The first-order chi connectivity index (χ1) is 14.2. The zero-order chi connectivity index (χ0) is 20.3. The summed E-state index contributed by atoms with van der Waals surface area (Å²) in [6.45, 7) is 1.33. The van der Waals surface area contributed by atoms with Crippen LogP contribution in [0.2, 0.25) is 0 Å². The molecule has 4 nitrogen and oxygen atoms in total. The predicted octanol–water partition coefficient (Wildman–Crippen LogP) is 4.91. The molecule has 3 aromatic carbocycles. The average molecular weight is 387 g/mol. The summed E-state index contributed by atoms with van der Waals surface area (Å²) in [4.78, 5) is 14.8. The maximum atomic E-state index is 12.9. The van der Waals surface area contributed by atoms with Gasteiger partial charge in [0.15, 0.2) is 6.79 Å². The summed E-state index contributed by atoms with van der Waals surface area (Å²) in [6, 6.07) is 27.6. The van der Waals surface area contributed by atoms with Crippen LogP contribution >= 0.6 is 0 Å². The fourth-order valence-corrected chi connectivity index (χ4v) is 2.89. The monoisotopic (exact) mass is 387 g/mol. The molecule has 0 N–H and O–H groups in total. The van der Waals surface area contributed by atoms with Crippen molar-refractivity contribution in [3.05, 3.63) is 108 Å². The molecule has 0 aliphatic heterocycles. The Morgan fingerprint density at radius 3 is 1.90 bits per heavy atom. The van der Waals surface area contributed by atoms with Crippen molar-refractivity contribution < 1.29 is 14.3 Å². The number of ether oxygens (including phenoxy) is 2. The summed E-state index contributed by atoms with van der Waals surface area (Å²) in [6.07, 6.45) is 3.45. The molecule has 1 amide bonds. The van der Waals surface area contributed by atoms with Crippen LogP contribution in [0.1, 0.15) is 16.7 Å². The van der Waals surface area contributed by atoms with E-state index in [2.05, 4.69) is 0 Å². The minimum absolute atomic E-state index is 0.0302. The molecule has 0 unspecified atom stereocenters. The first-order valence-corrected chi connectivity index (χ1v) is 9.51. The second-order valence-electron chi connectivity index (χ2n) is 6.62.